The van der Waals surface area contributed by atoms with E-state index in [-0.39, 0.29) is 0 Å². The van der Waals surface area contributed by atoms with Crippen LogP contribution >= 0.6 is 0 Å². The molecule has 15 heavy (non-hydrogen) atoms. The number of anilines is 1. The molecule has 1 fully saturated rings. The second-order valence-corrected chi connectivity index (χ2v) is 4.04. The SMILES string of the molecule is OCCCC1CCCN1c1ccccn1. The third kappa shape index (κ3) is 2.48. The first-order valence-electron chi connectivity index (χ1n) is 5.70. The molecular weight excluding hydrogens is 188 g/mol. The van der Waals surface area contributed by atoms with E-state index in [1.165, 1.54) is 12.8 Å². The maximum absolute atomic E-state index is 8.85. The van der Waals surface area contributed by atoms with E-state index in [2.05, 4.69) is 16.0 Å². The van der Waals surface area contributed by atoms with Crippen LogP contribution in [0.2, 0.25) is 0 Å². The molecule has 0 aliphatic carbocycles. The van der Waals surface area contributed by atoms with Crippen molar-refractivity contribution in [2.24, 2.45) is 0 Å². The van der Waals surface area contributed by atoms with Gasteiger partial charge in [-0.3, -0.25) is 0 Å². The quantitative estimate of drug-likeness (QED) is 0.816. The molecule has 1 N–H and O–H groups in total. The van der Waals surface area contributed by atoms with Crippen LogP contribution in [0.3, 0.4) is 0 Å². The molecule has 0 spiro atoms. The van der Waals surface area contributed by atoms with Gasteiger partial charge in [0.15, 0.2) is 0 Å². The summed E-state index contributed by atoms with van der Waals surface area (Å²) in [7, 11) is 0. The zero-order chi connectivity index (χ0) is 10.5. The van der Waals surface area contributed by atoms with Gasteiger partial charge in [-0.2, -0.15) is 0 Å². The minimum absolute atomic E-state index is 0.298. The molecule has 1 aliphatic heterocycles. The van der Waals surface area contributed by atoms with Crippen LogP contribution in [0.4, 0.5) is 5.82 Å². The minimum Gasteiger partial charge on any atom is -0.396 e. The van der Waals surface area contributed by atoms with Crippen LogP contribution in [0.25, 0.3) is 0 Å². The lowest BCUT2D eigenvalue weighted by atomic mass is 10.1. The fraction of sp³-hybridized carbons (Fsp3) is 0.583. The molecule has 0 saturated carbocycles. The monoisotopic (exact) mass is 206 g/mol. The van der Waals surface area contributed by atoms with Crippen LogP contribution in [-0.4, -0.2) is 29.3 Å². The predicted molar refractivity (Wildman–Crippen MR) is 60.9 cm³/mol. The Balaban J connectivity index is 2.01. The van der Waals surface area contributed by atoms with Crippen LogP contribution < -0.4 is 4.90 Å². The van der Waals surface area contributed by atoms with E-state index in [0.29, 0.717) is 12.6 Å². The Hall–Kier alpha value is -1.09. The maximum Gasteiger partial charge on any atom is 0.128 e. The highest BCUT2D eigenvalue weighted by Gasteiger charge is 2.24. The van der Waals surface area contributed by atoms with Gasteiger partial charge in [0.2, 0.25) is 0 Å². The summed E-state index contributed by atoms with van der Waals surface area (Å²) in [5, 5.41) is 8.85. The van der Waals surface area contributed by atoms with Gasteiger partial charge in [0.1, 0.15) is 5.82 Å². The van der Waals surface area contributed by atoms with Crippen LogP contribution in [0, 0.1) is 0 Å². The number of pyridine rings is 1. The molecule has 2 rings (SSSR count). The highest BCUT2D eigenvalue weighted by Crippen LogP contribution is 2.25. The molecule has 2 heterocycles. The van der Waals surface area contributed by atoms with Crippen molar-refractivity contribution in [3.8, 4) is 0 Å². The number of hydrogen-bond acceptors (Lipinski definition) is 3. The molecule has 1 aliphatic rings. The Kier molecular flexibility index (Phi) is 3.56. The van der Waals surface area contributed by atoms with Gasteiger partial charge in [0, 0.05) is 25.4 Å². The van der Waals surface area contributed by atoms with E-state index in [1.807, 2.05) is 18.3 Å². The van der Waals surface area contributed by atoms with E-state index in [9.17, 15) is 0 Å². The van der Waals surface area contributed by atoms with E-state index < -0.39 is 0 Å². The second-order valence-electron chi connectivity index (χ2n) is 4.04. The molecule has 1 unspecified atom stereocenters. The summed E-state index contributed by atoms with van der Waals surface area (Å²) in [5.41, 5.74) is 0. The molecule has 1 saturated heterocycles. The lowest BCUT2D eigenvalue weighted by molar-refractivity contribution is 0.279. The highest BCUT2D eigenvalue weighted by molar-refractivity contribution is 5.40. The normalized spacial score (nSPS) is 20.9. The number of aliphatic hydroxyl groups is 1. The van der Waals surface area contributed by atoms with Gasteiger partial charge >= 0.3 is 0 Å². The summed E-state index contributed by atoms with van der Waals surface area (Å²) in [6.45, 7) is 1.40. The molecule has 0 bridgehead atoms. The summed E-state index contributed by atoms with van der Waals surface area (Å²) in [5.74, 6) is 1.08. The van der Waals surface area contributed by atoms with Gasteiger partial charge in [-0.15, -0.1) is 0 Å². The Morgan fingerprint density at radius 1 is 1.47 bits per heavy atom. The Morgan fingerprint density at radius 3 is 3.13 bits per heavy atom. The summed E-state index contributed by atoms with van der Waals surface area (Å²) >= 11 is 0. The van der Waals surface area contributed by atoms with Gasteiger partial charge in [-0.25, -0.2) is 4.98 Å². The minimum atomic E-state index is 0.298. The van der Waals surface area contributed by atoms with E-state index in [1.54, 1.807) is 0 Å². The Labute approximate surface area is 90.8 Å². The molecule has 0 radical (unpaired) electrons. The van der Waals surface area contributed by atoms with Gasteiger partial charge in [0.05, 0.1) is 0 Å². The number of rotatable bonds is 4. The molecule has 0 amide bonds. The van der Waals surface area contributed by atoms with Crippen molar-refractivity contribution in [2.45, 2.75) is 31.7 Å². The van der Waals surface area contributed by atoms with Crippen molar-refractivity contribution in [3.63, 3.8) is 0 Å². The maximum atomic E-state index is 8.85. The van der Waals surface area contributed by atoms with Gasteiger partial charge in [-0.1, -0.05) is 6.07 Å². The molecular formula is C12H18N2O. The fourth-order valence-corrected chi connectivity index (χ4v) is 2.29. The van der Waals surface area contributed by atoms with E-state index >= 15 is 0 Å². The molecule has 1 aromatic heterocycles. The number of nitrogens with zero attached hydrogens (tertiary/aromatic N) is 2. The first kappa shape index (κ1) is 10.4. The van der Waals surface area contributed by atoms with Crippen LogP contribution in [0.5, 0.6) is 0 Å². The smallest absolute Gasteiger partial charge is 0.128 e. The Bertz CT molecular complexity index is 289. The number of aliphatic hydroxyl groups excluding tert-OH is 1. The topological polar surface area (TPSA) is 36.4 Å². The summed E-state index contributed by atoms with van der Waals surface area (Å²) < 4.78 is 0. The lowest BCUT2D eigenvalue weighted by Crippen LogP contribution is -2.29. The van der Waals surface area contributed by atoms with Crippen LogP contribution in [0.1, 0.15) is 25.7 Å². The van der Waals surface area contributed by atoms with Crippen LogP contribution in [0.15, 0.2) is 24.4 Å². The summed E-state index contributed by atoms with van der Waals surface area (Å²) in [6.07, 6.45) is 6.29. The second kappa shape index (κ2) is 5.12. The lowest BCUT2D eigenvalue weighted by Gasteiger charge is -2.25. The van der Waals surface area contributed by atoms with Crippen molar-refractivity contribution in [2.75, 3.05) is 18.1 Å². The van der Waals surface area contributed by atoms with Gasteiger partial charge in [0.25, 0.3) is 0 Å². The van der Waals surface area contributed by atoms with Gasteiger partial charge in [-0.05, 0) is 37.8 Å². The van der Waals surface area contributed by atoms with Crippen molar-refractivity contribution in [3.05, 3.63) is 24.4 Å². The fourth-order valence-electron chi connectivity index (χ4n) is 2.29. The average Bonchev–Trinajstić information content (AvgIpc) is 2.75. The average molecular weight is 206 g/mol. The molecule has 0 aromatic carbocycles. The van der Waals surface area contributed by atoms with E-state index in [0.717, 1.165) is 25.2 Å². The summed E-state index contributed by atoms with van der Waals surface area (Å²) in [4.78, 5) is 6.75. The van der Waals surface area contributed by atoms with E-state index in [4.69, 9.17) is 5.11 Å². The molecule has 3 nitrogen and oxygen atoms in total. The standard InChI is InChI=1S/C12H18N2O/c15-10-4-6-11-5-3-9-14(11)12-7-1-2-8-13-12/h1-2,7-8,11,15H,3-6,9-10H2. The number of hydrogen-bond donors (Lipinski definition) is 1. The third-order valence-corrected chi connectivity index (χ3v) is 3.02. The summed E-state index contributed by atoms with van der Waals surface area (Å²) in [6, 6.07) is 6.62. The molecule has 82 valence electrons. The first-order chi connectivity index (χ1) is 7.42. The molecule has 1 aromatic rings. The van der Waals surface area contributed by atoms with Crippen molar-refractivity contribution < 1.29 is 5.11 Å². The molecule has 1 atom stereocenters. The zero-order valence-electron chi connectivity index (χ0n) is 8.97. The Morgan fingerprint density at radius 2 is 2.40 bits per heavy atom. The predicted octanol–water partition coefficient (Wildman–Crippen LogP) is 1.82. The van der Waals surface area contributed by atoms with Crippen molar-refractivity contribution >= 4 is 5.82 Å². The largest absolute Gasteiger partial charge is 0.396 e. The van der Waals surface area contributed by atoms with Crippen molar-refractivity contribution in [1.29, 1.82) is 0 Å². The highest BCUT2D eigenvalue weighted by atomic mass is 16.2. The van der Waals surface area contributed by atoms with Gasteiger partial charge < -0.3 is 10.0 Å². The van der Waals surface area contributed by atoms with Crippen LogP contribution in [-0.2, 0) is 0 Å². The number of aromatic nitrogens is 1. The zero-order valence-corrected chi connectivity index (χ0v) is 8.97. The van der Waals surface area contributed by atoms with Crippen molar-refractivity contribution in [1.82, 2.24) is 4.98 Å². The third-order valence-electron chi connectivity index (χ3n) is 3.02. The first-order valence-corrected chi connectivity index (χ1v) is 5.70. The molecule has 3 heteroatoms.